The zero-order valence-corrected chi connectivity index (χ0v) is 11.7. The van der Waals surface area contributed by atoms with Crippen molar-refractivity contribution in [2.45, 2.75) is 38.4 Å². The van der Waals surface area contributed by atoms with E-state index in [4.69, 9.17) is 14.9 Å². The second-order valence-corrected chi connectivity index (χ2v) is 5.11. The summed E-state index contributed by atoms with van der Waals surface area (Å²) in [6.07, 6.45) is 0.861. The fraction of sp³-hybridized carbons (Fsp3) is 0.714. The Morgan fingerprint density at radius 3 is 2.89 bits per heavy atom. The highest BCUT2D eigenvalue weighted by Gasteiger charge is 2.34. The number of aryl methyl sites for hydroxylation is 1. The van der Waals surface area contributed by atoms with E-state index < -0.39 is 0 Å². The molecule has 0 aliphatic carbocycles. The van der Waals surface area contributed by atoms with Gasteiger partial charge in [0.2, 0.25) is 0 Å². The summed E-state index contributed by atoms with van der Waals surface area (Å²) in [5.74, 6) is 1.77. The first kappa shape index (κ1) is 14.5. The van der Waals surface area contributed by atoms with Crippen molar-refractivity contribution in [3.8, 4) is 0 Å². The normalized spacial score (nSPS) is 24.3. The number of furan rings is 1. The van der Waals surface area contributed by atoms with E-state index in [1.807, 2.05) is 19.1 Å². The van der Waals surface area contributed by atoms with Crippen molar-refractivity contribution in [3.05, 3.63) is 23.7 Å². The third-order valence-corrected chi connectivity index (χ3v) is 3.77. The minimum Gasteiger partial charge on any atom is -0.465 e. The van der Waals surface area contributed by atoms with Gasteiger partial charge in [0.25, 0.3) is 0 Å². The van der Waals surface area contributed by atoms with Crippen LogP contribution in [0, 0.1) is 6.92 Å². The van der Waals surface area contributed by atoms with Gasteiger partial charge in [-0.2, -0.15) is 0 Å². The van der Waals surface area contributed by atoms with Gasteiger partial charge < -0.3 is 20.0 Å². The Hall–Kier alpha value is -0.880. The first-order valence-corrected chi connectivity index (χ1v) is 6.93. The molecule has 1 aliphatic rings. The highest BCUT2D eigenvalue weighted by molar-refractivity contribution is 5.13. The molecule has 1 fully saturated rings. The van der Waals surface area contributed by atoms with E-state index in [1.165, 1.54) is 0 Å². The third kappa shape index (κ3) is 3.17. The Morgan fingerprint density at radius 1 is 1.53 bits per heavy atom. The molecule has 2 heterocycles. The number of morpholine rings is 1. The van der Waals surface area contributed by atoms with Gasteiger partial charge in [0.1, 0.15) is 11.5 Å². The largest absolute Gasteiger partial charge is 0.465 e. The molecule has 0 aromatic carbocycles. The molecule has 1 aliphatic heterocycles. The van der Waals surface area contributed by atoms with Crippen molar-refractivity contribution < 1.29 is 14.3 Å². The van der Waals surface area contributed by atoms with Crippen LogP contribution in [0.1, 0.15) is 30.9 Å². The van der Waals surface area contributed by atoms with Crippen molar-refractivity contribution in [2.75, 3.05) is 26.4 Å². The molecule has 0 bridgehead atoms. The highest BCUT2D eigenvalue weighted by Crippen LogP contribution is 2.29. The maximum absolute atomic E-state index is 9.52. The van der Waals surface area contributed by atoms with Crippen LogP contribution in [0.3, 0.4) is 0 Å². The van der Waals surface area contributed by atoms with E-state index >= 15 is 0 Å². The van der Waals surface area contributed by atoms with Crippen molar-refractivity contribution in [1.82, 2.24) is 4.90 Å². The van der Waals surface area contributed by atoms with Crippen molar-refractivity contribution in [1.29, 1.82) is 0 Å². The first-order valence-electron chi connectivity index (χ1n) is 6.93. The van der Waals surface area contributed by atoms with E-state index in [0.29, 0.717) is 13.2 Å². The summed E-state index contributed by atoms with van der Waals surface area (Å²) >= 11 is 0. The second kappa shape index (κ2) is 6.52. The molecule has 1 saturated heterocycles. The predicted octanol–water partition coefficient (Wildman–Crippen LogP) is 1.06. The summed E-state index contributed by atoms with van der Waals surface area (Å²) in [5.41, 5.74) is 6.28. The van der Waals surface area contributed by atoms with Crippen LogP contribution in [0.25, 0.3) is 0 Å². The Morgan fingerprint density at radius 2 is 2.32 bits per heavy atom. The van der Waals surface area contributed by atoms with Crippen LogP contribution < -0.4 is 5.73 Å². The number of aliphatic hydroxyl groups is 1. The highest BCUT2D eigenvalue weighted by atomic mass is 16.5. The number of rotatable bonds is 5. The lowest BCUT2D eigenvalue weighted by atomic mass is 9.99. The van der Waals surface area contributed by atoms with Gasteiger partial charge in [-0.15, -0.1) is 0 Å². The third-order valence-electron chi connectivity index (χ3n) is 3.77. The average Bonchev–Trinajstić information content (AvgIpc) is 2.85. The van der Waals surface area contributed by atoms with Gasteiger partial charge in [0.15, 0.2) is 0 Å². The Kier molecular flexibility index (Phi) is 4.99. The monoisotopic (exact) mass is 268 g/mol. The smallest absolute Gasteiger partial charge is 0.122 e. The number of aliphatic hydroxyl groups excluding tert-OH is 1. The number of hydrogen-bond donors (Lipinski definition) is 2. The average molecular weight is 268 g/mol. The standard InChI is InChI=1S/C14H24N2O3/c1-3-12(15)14(13-5-4-10(2)19-13)16-6-7-18-9-11(16)8-17/h4-5,11-12,14,17H,3,6-9,15H2,1-2H3. The Bertz CT molecular complexity index is 394. The lowest BCUT2D eigenvalue weighted by molar-refractivity contribution is -0.0566. The molecule has 3 atom stereocenters. The minimum absolute atomic E-state index is 0.000231. The van der Waals surface area contributed by atoms with E-state index in [-0.39, 0.29) is 24.7 Å². The van der Waals surface area contributed by atoms with Crippen LogP contribution in [0.15, 0.2) is 16.5 Å². The molecular formula is C14H24N2O3. The van der Waals surface area contributed by atoms with Gasteiger partial charge in [-0.1, -0.05) is 6.92 Å². The summed E-state index contributed by atoms with van der Waals surface area (Å²) in [5, 5.41) is 9.52. The Labute approximate surface area is 114 Å². The molecule has 5 nitrogen and oxygen atoms in total. The molecule has 0 spiro atoms. The molecule has 0 saturated carbocycles. The summed E-state index contributed by atoms with van der Waals surface area (Å²) < 4.78 is 11.2. The molecule has 3 N–H and O–H groups in total. The zero-order valence-electron chi connectivity index (χ0n) is 11.7. The maximum Gasteiger partial charge on any atom is 0.122 e. The molecule has 1 aromatic heterocycles. The molecule has 3 unspecified atom stereocenters. The summed E-state index contributed by atoms with van der Waals surface area (Å²) in [6, 6.07) is 3.91. The van der Waals surface area contributed by atoms with Gasteiger partial charge in [0.05, 0.1) is 31.9 Å². The molecule has 1 aromatic rings. The summed E-state index contributed by atoms with van der Waals surface area (Å²) in [4.78, 5) is 2.22. The lowest BCUT2D eigenvalue weighted by Crippen LogP contribution is -2.53. The molecule has 19 heavy (non-hydrogen) atoms. The van der Waals surface area contributed by atoms with Crippen LogP contribution in [0.5, 0.6) is 0 Å². The van der Waals surface area contributed by atoms with E-state index in [0.717, 1.165) is 24.5 Å². The minimum atomic E-state index is -0.0160. The van der Waals surface area contributed by atoms with E-state index in [2.05, 4.69) is 11.8 Å². The van der Waals surface area contributed by atoms with Gasteiger partial charge in [-0.05, 0) is 25.5 Å². The number of nitrogens with zero attached hydrogens (tertiary/aromatic N) is 1. The number of ether oxygens (including phenoxy) is 1. The Balaban J connectivity index is 2.26. The first-order chi connectivity index (χ1) is 9.17. The molecule has 108 valence electrons. The number of hydrogen-bond acceptors (Lipinski definition) is 5. The fourth-order valence-electron chi connectivity index (χ4n) is 2.65. The molecule has 0 radical (unpaired) electrons. The fourth-order valence-corrected chi connectivity index (χ4v) is 2.65. The molecule has 5 heteroatoms. The molecule has 2 rings (SSSR count). The van der Waals surface area contributed by atoms with Crippen molar-refractivity contribution in [2.24, 2.45) is 5.73 Å². The molecule has 0 amide bonds. The predicted molar refractivity (Wildman–Crippen MR) is 72.9 cm³/mol. The van der Waals surface area contributed by atoms with Crippen LogP contribution in [-0.4, -0.2) is 48.5 Å². The topological polar surface area (TPSA) is 71.9 Å². The van der Waals surface area contributed by atoms with Crippen LogP contribution in [-0.2, 0) is 4.74 Å². The zero-order chi connectivity index (χ0) is 13.8. The maximum atomic E-state index is 9.52. The van der Waals surface area contributed by atoms with Gasteiger partial charge >= 0.3 is 0 Å². The quantitative estimate of drug-likeness (QED) is 0.835. The summed E-state index contributed by atoms with van der Waals surface area (Å²) in [6.45, 7) is 6.06. The van der Waals surface area contributed by atoms with Crippen molar-refractivity contribution in [3.63, 3.8) is 0 Å². The lowest BCUT2D eigenvalue weighted by Gasteiger charge is -2.41. The van der Waals surface area contributed by atoms with Gasteiger partial charge in [-0.25, -0.2) is 0 Å². The molecular weight excluding hydrogens is 244 g/mol. The summed E-state index contributed by atoms with van der Waals surface area (Å²) in [7, 11) is 0. The number of nitrogens with two attached hydrogens (primary N) is 1. The van der Waals surface area contributed by atoms with Crippen LogP contribution in [0.4, 0.5) is 0 Å². The SMILES string of the molecule is CCC(N)C(c1ccc(C)o1)N1CCOCC1CO. The second-order valence-electron chi connectivity index (χ2n) is 5.11. The van der Waals surface area contributed by atoms with Gasteiger partial charge in [-0.3, -0.25) is 4.90 Å². The van der Waals surface area contributed by atoms with Crippen molar-refractivity contribution >= 4 is 0 Å². The van der Waals surface area contributed by atoms with Crippen LogP contribution in [0.2, 0.25) is 0 Å². The van der Waals surface area contributed by atoms with E-state index in [9.17, 15) is 5.11 Å². The van der Waals surface area contributed by atoms with Crippen LogP contribution >= 0.6 is 0 Å². The van der Waals surface area contributed by atoms with E-state index in [1.54, 1.807) is 0 Å². The van der Waals surface area contributed by atoms with Gasteiger partial charge in [0, 0.05) is 12.6 Å².